The van der Waals surface area contributed by atoms with E-state index in [9.17, 15) is 13.2 Å². The van der Waals surface area contributed by atoms with E-state index in [0.29, 0.717) is 16.8 Å². The zero-order chi connectivity index (χ0) is 15.1. The van der Waals surface area contributed by atoms with Crippen LogP contribution in [0.5, 0.6) is 0 Å². The fourth-order valence-electron chi connectivity index (χ4n) is 2.11. The average Bonchev–Trinajstić information content (AvgIpc) is 2.76. The Kier molecular flexibility index (Phi) is 3.25. The van der Waals surface area contributed by atoms with Gasteiger partial charge in [0.2, 0.25) is 0 Å². The third kappa shape index (κ3) is 2.31. The minimum atomic E-state index is -2.78. The lowest BCUT2D eigenvalue weighted by Crippen LogP contribution is -2.02. The third-order valence-corrected chi connectivity index (χ3v) is 3.30. The monoisotopic (exact) mass is 310 g/mol. The number of alkyl halides is 2. The van der Waals surface area contributed by atoms with Crippen LogP contribution in [0, 0.1) is 17.4 Å². The van der Waals surface area contributed by atoms with Crippen molar-refractivity contribution >= 4 is 23.3 Å². The summed E-state index contributed by atoms with van der Waals surface area (Å²) in [6.45, 7) is 1.69. The molecule has 8 heteroatoms. The molecule has 0 aliphatic heterocycles. The van der Waals surface area contributed by atoms with Crippen LogP contribution in [0.25, 0.3) is 16.7 Å². The number of aromatic nitrogens is 4. The number of aryl methyl sites for hydroxylation is 1. The van der Waals surface area contributed by atoms with Crippen molar-refractivity contribution in [2.24, 2.45) is 0 Å². The number of benzene rings is 1. The lowest BCUT2D eigenvalue weighted by atomic mass is 10.3. The van der Waals surface area contributed by atoms with Gasteiger partial charge in [-0.05, 0) is 25.1 Å². The molecule has 0 saturated carbocycles. The first kappa shape index (κ1) is 13.7. The Balaban J connectivity index is 2.36. The third-order valence-electron chi connectivity index (χ3n) is 3.00. The summed E-state index contributed by atoms with van der Waals surface area (Å²) < 4.78 is 40.4. The second-order valence-corrected chi connectivity index (χ2v) is 4.82. The number of H-pyrrole nitrogens is 1. The van der Waals surface area contributed by atoms with Crippen molar-refractivity contribution in [3.8, 4) is 5.69 Å². The molecule has 1 aromatic carbocycles. The lowest BCUT2D eigenvalue weighted by Gasteiger charge is -2.05. The van der Waals surface area contributed by atoms with Crippen LogP contribution in [0.3, 0.4) is 0 Å². The molecule has 0 aliphatic rings. The molecule has 1 N–H and O–H groups in total. The van der Waals surface area contributed by atoms with Crippen molar-refractivity contribution in [1.29, 1.82) is 0 Å². The van der Waals surface area contributed by atoms with Crippen LogP contribution in [-0.2, 0) is 0 Å². The average molecular weight is 310 g/mol. The Bertz CT molecular complexity index is 885. The molecule has 0 spiro atoms. The molecule has 3 aromatic rings. The molecular formula is C13H9F3N4S. The summed E-state index contributed by atoms with van der Waals surface area (Å²) in [6.07, 6.45) is -2.78. The molecule has 0 radical (unpaired) electrons. The maximum atomic E-state index is 13.3. The molecule has 0 aliphatic carbocycles. The number of rotatable bonds is 2. The van der Waals surface area contributed by atoms with Gasteiger partial charge in [0.15, 0.2) is 5.82 Å². The maximum absolute atomic E-state index is 13.3. The molecule has 0 amide bonds. The molecule has 0 unspecified atom stereocenters. The summed E-state index contributed by atoms with van der Waals surface area (Å²) in [5, 5.41) is 4.70. The van der Waals surface area contributed by atoms with Crippen molar-refractivity contribution in [2.45, 2.75) is 13.3 Å². The molecule has 0 fully saturated rings. The van der Waals surface area contributed by atoms with E-state index in [4.69, 9.17) is 12.2 Å². The first-order chi connectivity index (χ1) is 9.97. The van der Waals surface area contributed by atoms with Crippen LogP contribution in [0.4, 0.5) is 13.2 Å². The summed E-state index contributed by atoms with van der Waals surface area (Å²) >= 11 is 5.05. The molecule has 3 rings (SSSR count). The number of nitrogens with zero attached hydrogens (tertiary/aromatic N) is 3. The SMILES string of the molecule is Cc1nn(-c2cccc(F)c2)c2[nH]c(C(F)F)nc(=S)c12. The zero-order valence-electron chi connectivity index (χ0n) is 10.8. The van der Waals surface area contributed by atoms with Gasteiger partial charge < -0.3 is 4.98 Å². The van der Waals surface area contributed by atoms with E-state index < -0.39 is 18.1 Å². The van der Waals surface area contributed by atoms with E-state index in [1.54, 1.807) is 13.0 Å². The van der Waals surface area contributed by atoms with Crippen LogP contribution in [-0.4, -0.2) is 19.7 Å². The van der Waals surface area contributed by atoms with Crippen LogP contribution >= 0.6 is 12.2 Å². The van der Waals surface area contributed by atoms with Crippen LogP contribution in [0.1, 0.15) is 17.9 Å². The Morgan fingerprint density at radius 1 is 1.33 bits per heavy atom. The minimum Gasteiger partial charge on any atom is -0.323 e. The Labute approximate surface area is 122 Å². The van der Waals surface area contributed by atoms with E-state index in [-0.39, 0.29) is 10.3 Å². The van der Waals surface area contributed by atoms with Crippen LogP contribution < -0.4 is 0 Å². The minimum absolute atomic E-state index is 0.0409. The quantitative estimate of drug-likeness (QED) is 0.731. The number of halogens is 3. The Hall–Kier alpha value is -2.22. The number of hydrogen-bond acceptors (Lipinski definition) is 3. The molecule has 0 bridgehead atoms. The highest BCUT2D eigenvalue weighted by atomic mass is 32.1. The highest BCUT2D eigenvalue weighted by molar-refractivity contribution is 7.71. The molecule has 21 heavy (non-hydrogen) atoms. The topological polar surface area (TPSA) is 46.5 Å². The first-order valence-electron chi connectivity index (χ1n) is 6.01. The van der Waals surface area contributed by atoms with Gasteiger partial charge in [-0.15, -0.1) is 0 Å². The van der Waals surface area contributed by atoms with Gasteiger partial charge in [-0.1, -0.05) is 18.3 Å². The van der Waals surface area contributed by atoms with Crippen molar-refractivity contribution in [2.75, 3.05) is 0 Å². The normalized spacial score (nSPS) is 11.5. The van der Waals surface area contributed by atoms with E-state index >= 15 is 0 Å². The molecule has 4 nitrogen and oxygen atoms in total. The molecular weight excluding hydrogens is 301 g/mol. The van der Waals surface area contributed by atoms with Crippen molar-refractivity contribution in [3.05, 3.63) is 46.2 Å². The molecule has 0 saturated heterocycles. The molecule has 0 atom stereocenters. The smallest absolute Gasteiger partial charge is 0.295 e. The van der Waals surface area contributed by atoms with E-state index in [2.05, 4.69) is 15.1 Å². The van der Waals surface area contributed by atoms with Gasteiger partial charge in [0, 0.05) is 0 Å². The second kappa shape index (κ2) is 4.96. The summed E-state index contributed by atoms with van der Waals surface area (Å²) in [5.74, 6) is -0.986. The first-order valence-corrected chi connectivity index (χ1v) is 6.42. The fraction of sp³-hybridized carbons (Fsp3) is 0.154. The predicted octanol–water partition coefficient (Wildman–Crippen LogP) is 3.86. The molecule has 2 heterocycles. The van der Waals surface area contributed by atoms with Gasteiger partial charge in [0.1, 0.15) is 16.1 Å². The highest BCUT2D eigenvalue weighted by Gasteiger charge is 2.17. The number of hydrogen-bond donors (Lipinski definition) is 1. The Morgan fingerprint density at radius 2 is 2.10 bits per heavy atom. The van der Waals surface area contributed by atoms with Gasteiger partial charge >= 0.3 is 0 Å². The fourth-order valence-corrected chi connectivity index (χ4v) is 2.45. The van der Waals surface area contributed by atoms with Crippen molar-refractivity contribution < 1.29 is 13.2 Å². The highest BCUT2D eigenvalue weighted by Crippen LogP contribution is 2.24. The van der Waals surface area contributed by atoms with E-state index in [0.717, 1.165) is 0 Å². The summed E-state index contributed by atoms with van der Waals surface area (Å²) in [7, 11) is 0. The van der Waals surface area contributed by atoms with Crippen LogP contribution in [0.2, 0.25) is 0 Å². The van der Waals surface area contributed by atoms with Gasteiger partial charge in [-0.2, -0.15) is 5.10 Å². The summed E-state index contributed by atoms with van der Waals surface area (Å²) in [5.41, 5.74) is 1.21. The number of aromatic amines is 1. The summed E-state index contributed by atoms with van der Waals surface area (Å²) in [4.78, 5) is 6.19. The van der Waals surface area contributed by atoms with Gasteiger partial charge in [0.25, 0.3) is 6.43 Å². The zero-order valence-corrected chi connectivity index (χ0v) is 11.6. The number of fused-ring (bicyclic) bond motifs is 1. The Morgan fingerprint density at radius 3 is 2.76 bits per heavy atom. The standard InChI is InChI=1S/C13H9F3N4S/c1-6-9-12(17-11(10(15)16)18-13(9)21)20(19-6)8-4-2-3-7(14)5-8/h2-5,10H,1H3,(H,17,18,21). The molecule has 108 valence electrons. The predicted molar refractivity (Wildman–Crippen MR) is 73.7 cm³/mol. The van der Waals surface area contributed by atoms with Gasteiger partial charge in [-0.25, -0.2) is 22.8 Å². The number of nitrogens with one attached hydrogen (secondary N) is 1. The van der Waals surface area contributed by atoms with Crippen molar-refractivity contribution in [3.63, 3.8) is 0 Å². The largest absolute Gasteiger partial charge is 0.323 e. The van der Waals surface area contributed by atoms with Crippen molar-refractivity contribution in [1.82, 2.24) is 19.7 Å². The van der Waals surface area contributed by atoms with Gasteiger partial charge in [-0.3, -0.25) is 0 Å². The van der Waals surface area contributed by atoms with Gasteiger partial charge in [0.05, 0.1) is 16.8 Å². The van der Waals surface area contributed by atoms with Crippen LogP contribution in [0.15, 0.2) is 24.3 Å². The van der Waals surface area contributed by atoms with E-state index in [1.807, 2.05) is 0 Å². The van der Waals surface area contributed by atoms with E-state index in [1.165, 1.54) is 22.9 Å². The lowest BCUT2D eigenvalue weighted by molar-refractivity contribution is 0.140. The molecule has 2 aromatic heterocycles. The maximum Gasteiger partial charge on any atom is 0.295 e. The second-order valence-electron chi connectivity index (χ2n) is 4.43. The summed E-state index contributed by atoms with van der Waals surface area (Å²) in [6, 6.07) is 5.67.